The third-order valence-electron chi connectivity index (χ3n) is 3.58. The number of amides is 2. The van der Waals surface area contributed by atoms with E-state index < -0.39 is 0 Å². The van der Waals surface area contributed by atoms with Crippen molar-refractivity contribution in [1.29, 1.82) is 0 Å². The minimum absolute atomic E-state index is 0.000630. The monoisotopic (exact) mass is 309 g/mol. The topological polar surface area (TPSA) is 75.0 Å². The summed E-state index contributed by atoms with van der Waals surface area (Å²) < 4.78 is 10.1. The molecule has 1 aromatic heterocycles. The zero-order chi connectivity index (χ0) is 15.9. The van der Waals surface area contributed by atoms with Crippen LogP contribution in [0.15, 0.2) is 22.8 Å². The van der Waals surface area contributed by atoms with Gasteiger partial charge in [-0.15, -0.1) is 0 Å². The molecule has 2 rings (SSSR count). The molecule has 1 saturated heterocycles. The van der Waals surface area contributed by atoms with E-state index in [9.17, 15) is 9.59 Å². The summed E-state index contributed by atoms with van der Waals surface area (Å²) in [6.07, 6.45) is 1.50. The summed E-state index contributed by atoms with van der Waals surface area (Å²) in [4.78, 5) is 27.8. The number of ether oxygens (including phenoxy) is 1. The molecule has 0 aliphatic carbocycles. The summed E-state index contributed by atoms with van der Waals surface area (Å²) in [6.45, 7) is 5.30. The maximum absolute atomic E-state index is 12.1. The van der Waals surface area contributed by atoms with Gasteiger partial charge >= 0.3 is 0 Å². The van der Waals surface area contributed by atoms with Crippen LogP contribution in [0.25, 0.3) is 0 Å². The predicted molar refractivity (Wildman–Crippen MR) is 80.5 cm³/mol. The molecule has 1 aliphatic rings. The van der Waals surface area contributed by atoms with Crippen LogP contribution in [-0.4, -0.2) is 74.1 Å². The van der Waals surface area contributed by atoms with Gasteiger partial charge in [0.05, 0.1) is 19.4 Å². The number of hydrogen-bond donors (Lipinski definition) is 1. The maximum atomic E-state index is 12.1. The summed E-state index contributed by atoms with van der Waals surface area (Å²) in [6, 6.07) is 3.37. The average molecular weight is 309 g/mol. The van der Waals surface area contributed by atoms with Crippen molar-refractivity contribution in [1.82, 2.24) is 15.1 Å². The molecule has 1 unspecified atom stereocenters. The molecule has 2 amide bonds. The van der Waals surface area contributed by atoms with E-state index in [-0.39, 0.29) is 17.9 Å². The first-order valence-corrected chi connectivity index (χ1v) is 7.43. The summed E-state index contributed by atoms with van der Waals surface area (Å²) in [5.41, 5.74) is 0. The van der Waals surface area contributed by atoms with Gasteiger partial charge in [0.25, 0.3) is 5.91 Å². The van der Waals surface area contributed by atoms with E-state index in [2.05, 4.69) is 5.32 Å². The zero-order valence-electron chi connectivity index (χ0n) is 13.1. The number of carbonyl (C=O) groups is 2. The van der Waals surface area contributed by atoms with Crippen LogP contribution in [-0.2, 0) is 9.53 Å². The van der Waals surface area contributed by atoms with Crippen molar-refractivity contribution < 1.29 is 18.7 Å². The molecule has 0 radical (unpaired) electrons. The number of nitrogens with one attached hydrogen (secondary N) is 1. The van der Waals surface area contributed by atoms with E-state index in [1.54, 1.807) is 24.1 Å². The second-order valence-electron chi connectivity index (χ2n) is 5.47. The van der Waals surface area contributed by atoms with Crippen LogP contribution in [0, 0.1) is 0 Å². The fourth-order valence-corrected chi connectivity index (χ4v) is 2.48. The minimum Gasteiger partial charge on any atom is -0.459 e. The van der Waals surface area contributed by atoms with Gasteiger partial charge < -0.3 is 19.4 Å². The molecule has 0 spiro atoms. The van der Waals surface area contributed by atoms with Gasteiger partial charge in [-0.2, -0.15) is 0 Å². The van der Waals surface area contributed by atoms with Crippen LogP contribution >= 0.6 is 0 Å². The Kier molecular flexibility index (Phi) is 5.97. The maximum Gasteiger partial charge on any atom is 0.289 e. The lowest BCUT2D eigenvalue weighted by atomic mass is 10.2. The number of rotatable bonds is 6. The number of methoxy groups -OCH3 is 1. The first kappa shape index (κ1) is 16.5. The third-order valence-corrected chi connectivity index (χ3v) is 3.58. The summed E-state index contributed by atoms with van der Waals surface area (Å²) >= 11 is 0. The zero-order valence-corrected chi connectivity index (χ0v) is 13.1. The van der Waals surface area contributed by atoms with E-state index in [1.807, 2.05) is 11.8 Å². The van der Waals surface area contributed by atoms with E-state index in [1.165, 1.54) is 6.26 Å². The van der Waals surface area contributed by atoms with Crippen molar-refractivity contribution in [3.63, 3.8) is 0 Å². The van der Waals surface area contributed by atoms with Gasteiger partial charge in [-0.25, -0.2) is 0 Å². The lowest BCUT2D eigenvalue weighted by molar-refractivity contribution is -0.123. The SMILES string of the molecule is COCC(C)NC(=O)CN1CCN(C(=O)c2ccco2)CC1. The van der Waals surface area contributed by atoms with Gasteiger partial charge in [0.1, 0.15) is 0 Å². The lowest BCUT2D eigenvalue weighted by Gasteiger charge is -2.34. The summed E-state index contributed by atoms with van der Waals surface area (Å²) in [5, 5.41) is 2.88. The van der Waals surface area contributed by atoms with Crippen LogP contribution < -0.4 is 5.32 Å². The van der Waals surface area contributed by atoms with Crippen LogP contribution in [0.4, 0.5) is 0 Å². The van der Waals surface area contributed by atoms with Crippen LogP contribution in [0.5, 0.6) is 0 Å². The van der Waals surface area contributed by atoms with Crippen molar-refractivity contribution in [3.8, 4) is 0 Å². The largest absolute Gasteiger partial charge is 0.459 e. The van der Waals surface area contributed by atoms with E-state index >= 15 is 0 Å². The highest BCUT2D eigenvalue weighted by atomic mass is 16.5. The Morgan fingerprint density at radius 2 is 2.09 bits per heavy atom. The molecule has 1 aliphatic heterocycles. The van der Waals surface area contributed by atoms with E-state index in [0.29, 0.717) is 45.1 Å². The summed E-state index contributed by atoms with van der Waals surface area (Å²) in [5.74, 6) is 0.248. The smallest absolute Gasteiger partial charge is 0.289 e. The van der Waals surface area contributed by atoms with Crippen molar-refractivity contribution in [2.75, 3.05) is 46.4 Å². The second-order valence-corrected chi connectivity index (χ2v) is 5.47. The number of hydrogen-bond acceptors (Lipinski definition) is 5. The molecule has 1 fully saturated rings. The van der Waals surface area contributed by atoms with Crippen molar-refractivity contribution in [3.05, 3.63) is 24.2 Å². The highest BCUT2D eigenvalue weighted by Gasteiger charge is 2.24. The Bertz CT molecular complexity index is 481. The molecule has 2 heterocycles. The summed E-state index contributed by atoms with van der Waals surface area (Å²) in [7, 11) is 1.61. The quantitative estimate of drug-likeness (QED) is 0.812. The van der Waals surface area contributed by atoms with E-state index in [4.69, 9.17) is 9.15 Å². The number of piperazine rings is 1. The molecule has 1 N–H and O–H groups in total. The average Bonchev–Trinajstić information content (AvgIpc) is 3.01. The Morgan fingerprint density at radius 3 is 2.68 bits per heavy atom. The molecule has 122 valence electrons. The number of nitrogens with zero attached hydrogens (tertiary/aromatic N) is 2. The highest BCUT2D eigenvalue weighted by molar-refractivity contribution is 5.91. The Balaban J connectivity index is 1.73. The molecular formula is C15H23N3O4. The fraction of sp³-hybridized carbons (Fsp3) is 0.600. The Hall–Kier alpha value is -1.86. The number of carbonyl (C=O) groups excluding carboxylic acids is 2. The van der Waals surface area contributed by atoms with Crippen LogP contribution in [0.1, 0.15) is 17.5 Å². The van der Waals surface area contributed by atoms with Crippen molar-refractivity contribution in [2.45, 2.75) is 13.0 Å². The van der Waals surface area contributed by atoms with Gasteiger partial charge in [0.2, 0.25) is 5.91 Å². The molecule has 0 saturated carbocycles. The molecule has 7 heteroatoms. The molecule has 1 atom stereocenters. The highest BCUT2D eigenvalue weighted by Crippen LogP contribution is 2.09. The normalized spacial score (nSPS) is 17.3. The first-order valence-electron chi connectivity index (χ1n) is 7.43. The van der Waals surface area contributed by atoms with Gasteiger partial charge in [0.15, 0.2) is 5.76 Å². The Morgan fingerprint density at radius 1 is 1.36 bits per heavy atom. The van der Waals surface area contributed by atoms with Crippen LogP contribution in [0.2, 0.25) is 0 Å². The number of furan rings is 1. The minimum atomic E-state index is -0.0946. The Labute approximate surface area is 130 Å². The molecule has 1 aromatic rings. The lowest BCUT2D eigenvalue weighted by Crippen LogP contribution is -2.52. The standard InChI is InChI=1S/C15H23N3O4/c1-12(11-21-2)16-14(19)10-17-5-7-18(8-6-17)15(20)13-4-3-9-22-13/h3-4,9,12H,5-8,10-11H2,1-2H3,(H,16,19). The molecule has 22 heavy (non-hydrogen) atoms. The molecule has 0 aromatic carbocycles. The van der Waals surface area contributed by atoms with Crippen molar-refractivity contribution >= 4 is 11.8 Å². The van der Waals surface area contributed by atoms with E-state index in [0.717, 1.165) is 0 Å². The van der Waals surface area contributed by atoms with Crippen molar-refractivity contribution in [2.24, 2.45) is 0 Å². The molecular weight excluding hydrogens is 286 g/mol. The van der Waals surface area contributed by atoms with Gasteiger partial charge in [0, 0.05) is 39.3 Å². The fourth-order valence-electron chi connectivity index (χ4n) is 2.48. The first-order chi connectivity index (χ1) is 10.6. The predicted octanol–water partition coefficient (Wildman–Crippen LogP) is 0.189. The molecule has 0 bridgehead atoms. The second kappa shape index (κ2) is 7.95. The van der Waals surface area contributed by atoms with Gasteiger partial charge in [-0.1, -0.05) is 0 Å². The third kappa shape index (κ3) is 4.57. The van der Waals surface area contributed by atoms with Gasteiger partial charge in [-0.3, -0.25) is 14.5 Å². The van der Waals surface area contributed by atoms with Crippen LogP contribution in [0.3, 0.4) is 0 Å². The van der Waals surface area contributed by atoms with Gasteiger partial charge in [-0.05, 0) is 19.1 Å². The molecule has 7 nitrogen and oxygen atoms in total.